The predicted octanol–water partition coefficient (Wildman–Crippen LogP) is 1.62. The third-order valence-electron chi connectivity index (χ3n) is 3.65. The largest absolute Gasteiger partial charge is 0.507 e. The molecular weight excluding hydrogens is 282 g/mol. The van der Waals surface area contributed by atoms with Gasteiger partial charge in [0, 0.05) is 5.54 Å². The van der Waals surface area contributed by atoms with Crippen molar-refractivity contribution in [1.82, 2.24) is 4.72 Å². The van der Waals surface area contributed by atoms with Gasteiger partial charge in [-0.3, -0.25) is 0 Å². The number of carboxylic acids is 1. The van der Waals surface area contributed by atoms with E-state index in [1.165, 1.54) is 6.92 Å². The van der Waals surface area contributed by atoms with Crippen LogP contribution in [0.2, 0.25) is 0 Å². The zero-order valence-corrected chi connectivity index (χ0v) is 12.1. The van der Waals surface area contributed by atoms with E-state index in [1.54, 1.807) is 0 Å². The monoisotopic (exact) mass is 299 g/mol. The lowest BCUT2D eigenvalue weighted by molar-refractivity contribution is 0.0693. The second-order valence-corrected chi connectivity index (χ2v) is 7.11. The minimum Gasteiger partial charge on any atom is -0.507 e. The van der Waals surface area contributed by atoms with E-state index >= 15 is 0 Å². The molecule has 1 aromatic carbocycles. The van der Waals surface area contributed by atoms with Crippen LogP contribution in [0.4, 0.5) is 0 Å². The molecule has 0 heterocycles. The minimum absolute atomic E-state index is 0.110. The van der Waals surface area contributed by atoms with Crippen LogP contribution >= 0.6 is 0 Å². The molecule has 1 aliphatic carbocycles. The lowest BCUT2D eigenvalue weighted by atomic mass is 9.80. The summed E-state index contributed by atoms with van der Waals surface area (Å²) in [7, 11) is -3.81. The van der Waals surface area contributed by atoms with Crippen molar-refractivity contribution in [3.05, 3.63) is 23.3 Å². The first-order valence-electron chi connectivity index (χ1n) is 6.25. The van der Waals surface area contributed by atoms with Gasteiger partial charge in [-0.15, -0.1) is 0 Å². The Morgan fingerprint density at radius 2 is 1.95 bits per heavy atom. The summed E-state index contributed by atoms with van der Waals surface area (Å²) < 4.78 is 27.3. The summed E-state index contributed by atoms with van der Waals surface area (Å²) in [5, 5.41) is 18.5. The van der Waals surface area contributed by atoms with Crippen LogP contribution in [0, 0.1) is 6.92 Å². The number of aryl methyl sites for hydroxylation is 1. The molecule has 0 aromatic heterocycles. The van der Waals surface area contributed by atoms with Gasteiger partial charge in [0.2, 0.25) is 10.0 Å². The highest BCUT2D eigenvalue weighted by Gasteiger charge is 2.37. The smallest absolute Gasteiger partial charge is 0.339 e. The van der Waals surface area contributed by atoms with Gasteiger partial charge in [0.1, 0.15) is 11.3 Å². The maximum atomic E-state index is 12.4. The van der Waals surface area contributed by atoms with Gasteiger partial charge in [-0.05, 0) is 50.8 Å². The Kier molecular flexibility index (Phi) is 3.51. The third-order valence-corrected chi connectivity index (χ3v) is 5.43. The van der Waals surface area contributed by atoms with Crippen LogP contribution in [0.25, 0.3) is 0 Å². The highest BCUT2D eigenvalue weighted by molar-refractivity contribution is 7.89. The van der Waals surface area contributed by atoms with Crippen LogP contribution in [0.15, 0.2) is 17.0 Å². The molecule has 3 N–H and O–H groups in total. The molecule has 1 aliphatic rings. The summed E-state index contributed by atoms with van der Waals surface area (Å²) in [6.45, 7) is 3.34. The Balaban J connectivity index is 2.45. The van der Waals surface area contributed by atoms with Crippen LogP contribution in [0.1, 0.15) is 42.1 Å². The first-order chi connectivity index (χ1) is 9.15. The van der Waals surface area contributed by atoms with E-state index in [4.69, 9.17) is 5.11 Å². The fourth-order valence-corrected chi connectivity index (χ4v) is 4.04. The summed E-state index contributed by atoms with van der Waals surface area (Å²) in [6.07, 6.45) is 2.48. The fraction of sp³-hybridized carbons (Fsp3) is 0.462. The summed E-state index contributed by atoms with van der Waals surface area (Å²) in [5.74, 6) is -1.81. The molecule has 0 radical (unpaired) electrons. The van der Waals surface area contributed by atoms with Crippen molar-refractivity contribution in [1.29, 1.82) is 0 Å². The number of hydrogen-bond acceptors (Lipinski definition) is 4. The average Bonchev–Trinajstić information content (AvgIpc) is 2.25. The Morgan fingerprint density at radius 3 is 2.40 bits per heavy atom. The number of phenols is 1. The number of rotatable bonds is 4. The van der Waals surface area contributed by atoms with Gasteiger partial charge >= 0.3 is 5.97 Å². The number of aromatic carboxylic acids is 1. The molecule has 6 nitrogen and oxygen atoms in total. The molecule has 0 unspecified atom stereocenters. The maximum absolute atomic E-state index is 12.4. The molecule has 1 fully saturated rings. The molecule has 7 heteroatoms. The van der Waals surface area contributed by atoms with Gasteiger partial charge in [0.15, 0.2) is 0 Å². The van der Waals surface area contributed by atoms with Gasteiger partial charge < -0.3 is 10.2 Å². The molecule has 0 amide bonds. The Labute approximate surface area is 117 Å². The molecule has 110 valence electrons. The zero-order valence-electron chi connectivity index (χ0n) is 11.3. The molecule has 2 rings (SSSR count). The lowest BCUT2D eigenvalue weighted by Crippen LogP contribution is -2.50. The Hall–Kier alpha value is -1.60. The Morgan fingerprint density at radius 1 is 1.35 bits per heavy atom. The van der Waals surface area contributed by atoms with E-state index in [2.05, 4.69) is 4.72 Å². The van der Waals surface area contributed by atoms with E-state index in [9.17, 15) is 18.3 Å². The highest BCUT2D eigenvalue weighted by Crippen LogP contribution is 2.34. The predicted molar refractivity (Wildman–Crippen MR) is 72.4 cm³/mol. The number of hydrogen-bond donors (Lipinski definition) is 3. The van der Waals surface area contributed by atoms with Crippen LogP contribution in [0.3, 0.4) is 0 Å². The second kappa shape index (κ2) is 4.75. The molecule has 1 saturated carbocycles. The topological polar surface area (TPSA) is 104 Å². The summed E-state index contributed by atoms with van der Waals surface area (Å²) in [5.41, 5.74) is -0.579. The first-order valence-corrected chi connectivity index (χ1v) is 7.74. The standard InChI is InChI=1S/C13H17NO5S/c1-8-6-10(15)9(12(16)17)7-11(8)20(18,19)14-13(2)4-3-5-13/h6-7,14-15H,3-5H2,1-2H3,(H,16,17). The number of nitrogens with one attached hydrogen (secondary N) is 1. The zero-order chi connectivity index (χ0) is 15.1. The van der Waals surface area contributed by atoms with Crippen molar-refractivity contribution in [3.63, 3.8) is 0 Å². The van der Waals surface area contributed by atoms with Crippen molar-refractivity contribution >= 4 is 16.0 Å². The quantitative estimate of drug-likeness (QED) is 0.783. The van der Waals surface area contributed by atoms with Crippen LogP contribution in [-0.4, -0.2) is 30.1 Å². The molecule has 20 heavy (non-hydrogen) atoms. The minimum atomic E-state index is -3.81. The maximum Gasteiger partial charge on any atom is 0.339 e. The molecule has 0 bridgehead atoms. The van der Waals surface area contributed by atoms with Crippen LogP contribution in [0.5, 0.6) is 5.75 Å². The summed E-state index contributed by atoms with van der Waals surface area (Å²) in [6, 6.07) is 2.15. The Bertz CT molecular complexity index is 662. The molecule has 0 aliphatic heterocycles. The van der Waals surface area contributed by atoms with Crippen molar-refractivity contribution in [2.24, 2.45) is 0 Å². The lowest BCUT2D eigenvalue weighted by Gasteiger charge is -2.38. The van der Waals surface area contributed by atoms with Crippen molar-refractivity contribution in [3.8, 4) is 5.75 Å². The summed E-state index contributed by atoms with van der Waals surface area (Å²) in [4.78, 5) is 10.9. The number of benzene rings is 1. The van der Waals surface area contributed by atoms with E-state index in [0.717, 1.165) is 31.4 Å². The van der Waals surface area contributed by atoms with E-state index in [-0.39, 0.29) is 4.90 Å². The number of sulfonamides is 1. The highest BCUT2D eigenvalue weighted by atomic mass is 32.2. The van der Waals surface area contributed by atoms with E-state index < -0.39 is 32.8 Å². The molecule has 0 saturated heterocycles. The fourth-order valence-electron chi connectivity index (χ4n) is 2.32. The molecular formula is C13H17NO5S. The van der Waals surface area contributed by atoms with Crippen molar-refractivity contribution in [2.45, 2.75) is 43.5 Å². The van der Waals surface area contributed by atoms with Crippen molar-refractivity contribution < 1.29 is 23.4 Å². The average molecular weight is 299 g/mol. The van der Waals surface area contributed by atoms with Gasteiger partial charge in [-0.2, -0.15) is 0 Å². The van der Waals surface area contributed by atoms with Gasteiger partial charge in [-0.25, -0.2) is 17.9 Å². The van der Waals surface area contributed by atoms with E-state index in [1.807, 2.05) is 6.92 Å². The van der Waals surface area contributed by atoms with E-state index in [0.29, 0.717) is 5.56 Å². The molecule has 0 spiro atoms. The van der Waals surface area contributed by atoms with Gasteiger partial charge in [0.05, 0.1) is 4.90 Å². The SMILES string of the molecule is Cc1cc(O)c(C(=O)O)cc1S(=O)(=O)NC1(C)CCC1. The summed E-state index contributed by atoms with van der Waals surface area (Å²) >= 11 is 0. The molecule has 1 aromatic rings. The number of carbonyl (C=O) groups is 1. The second-order valence-electron chi connectivity index (χ2n) is 5.46. The van der Waals surface area contributed by atoms with Crippen LogP contribution in [-0.2, 0) is 10.0 Å². The van der Waals surface area contributed by atoms with Gasteiger partial charge in [0.25, 0.3) is 0 Å². The number of aromatic hydroxyl groups is 1. The first kappa shape index (κ1) is 14.8. The number of carboxylic acid groups (broad SMARTS) is 1. The van der Waals surface area contributed by atoms with Crippen LogP contribution < -0.4 is 4.72 Å². The third kappa shape index (κ3) is 2.64. The van der Waals surface area contributed by atoms with Crippen molar-refractivity contribution in [2.75, 3.05) is 0 Å². The normalized spacial score (nSPS) is 17.5. The molecule has 0 atom stereocenters. The van der Waals surface area contributed by atoms with Gasteiger partial charge in [-0.1, -0.05) is 0 Å².